The van der Waals surface area contributed by atoms with Gasteiger partial charge in [0.25, 0.3) is 0 Å². The van der Waals surface area contributed by atoms with Crippen molar-refractivity contribution in [2.45, 2.75) is 52.4 Å². The Kier molecular flexibility index (Phi) is 5.50. The molecule has 104 valence electrons. The molecule has 0 spiro atoms. The van der Waals surface area contributed by atoms with Crippen molar-refractivity contribution in [2.75, 3.05) is 6.61 Å². The molecule has 1 aromatic carbocycles. The van der Waals surface area contributed by atoms with Crippen LogP contribution in [0.3, 0.4) is 0 Å². The molecule has 2 rings (SSSR count). The third-order valence-corrected chi connectivity index (χ3v) is 4.09. The van der Waals surface area contributed by atoms with E-state index in [-0.39, 0.29) is 0 Å². The van der Waals surface area contributed by atoms with Gasteiger partial charge in [0.2, 0.25) is 0 Å². The molecule has 0 heterocycles. The van der Waals surface area contributed by atoms with E-state index in [9.17, 15) is 0 Å². The summed E-state index contributed by atoms with van der Waals surface area (Å²) in [6.07, 6.45) is 9.89. The van der Waals surface area contributed by atoms with Gasteiger partial charge in [0.15, 0.2) is 0 Å². The van der Waals surface area contributed by atoms with E-state index in [0.29, 0.717) is 0 Å². The maximum absolute atomic E-state index is 5.70. The summed E-state index contributed by atoms with van der Waals surface area (Å²) in [6, 6.07) is 8.63. The van der Waals surface area contributed by atoms with Gasteiger partial charge in [-0.2, -0.15) is 0 Å². The van der Waals surface area contributed by atoms with Gasteiger partial charge in [-0.25, -0.2) is 0 Å². The molecule has 1 aliphatic carbocycles. The van der Waals surface area contributed by atoms with Crippen LogP contribution in [0.1, 0.15) is 57.9 Å². The third-order valence-electron chi connectivity index (χ3n) is 4.09. The van der Waals surface area contributed by atoms with Crippen molar-refractivity contribution in [1.29, 1.82) is 0 Å². The van der Waals surface area contributed by atoms with E-state index in [4.69, 9.17) is 4.74 Å². The summed E-state index contributed by atoms with van der Waals surface area (Å²) in [4.78, 5) is 0. The van der Waals surface area contributed by atoms with E-state index < -0.39 is 0 Å². The SMILES string of the molecule is CCCCOc1ccc(C2=CCC(CC)CC2)cc1. The fraction of sp³-hybridized carbons (Fsp3) is 0.556. The minimum Gasteiger partial charge on any atom is -0.494 e. The molecule has 0 bridgehead atoms. The van der Waals surface area contributed by atoms with E-state index >= 15 is 0 Å². The first-order valence-corrected chi connectivity index (χ1v) is 7.75. The summed E-state index contributed by atoms with van der Waals surface area (Å²) in [5, 5.41) is 0. The Morgan fingerprint density at radius 1 is 1.16 bits per heavy atom. The fourth-order valence-electron chi connectivity index (χ4n) is 2.62. The zero-order valence-corrected chi connectivity index (χ0v) is 12.3. The first-order chi connectivity index (χ1) is 9.33. The van der Waals surface area contributed by atoms with Crippen LogP contribution in [0.15, 0.2) is 30.3 Å². The lowest BCUT2D eigenvalue weighted by Crippen LogP contribution is -2.04. The van der Waals surface area contributed by atoms with Crippen molar-refractivity contribution < 1.29 is 4.74 Å². The van der Waals surface area contributed by atoms with Gasteiger partial charge in [-0.3, -0.25) is 0 Å². The van der Waals surface area contributed by atoms with E-state index in [1.54, 1.807) is 0 Å². The van der Waals surface area contributed by atoms with Gasteiger partial charge < -0.3 is 4.74 Å². The minimum absolute atomic E-state index is 0.830. The number of hydrogen-bond donors (Lipinski definition) is 0. The van der Waals surface area contributed by atoms with Crippen molar-refractivity contribution >= 4 is 5.57 Å². The molecule has 0 fully saturated rings. The van der Waals surface area contributed by atoms with Gasteiger partial charge in [-0.05, 0) is 54.9 Å². The normalized spacial score (nSPS) is 19.1. The summed E-state index contributed by atoms with van der Waals surface area (Å²) in [5.74, 6) is 1.90. The molecule has 0 saturated heterocycles. The van der Waals surface area contributed by atoms with Crippen LogP contribution in [0.2, 0.25) is 0 Å². The molecule has 1 heteroatoms. The zero-order valence-electron chi connectivity index (χ0n) is 12.3. The van der Waals surface area contributed by atoms with Crippen LogP contribution < -0.4 is 4.74 Å². The lowest BCUT2D eigenvalue weighted by Gasteiger charge is -2.20. The minimum atomic E-state index is 0.830. The number of hydrogen-bond acceptors (Lipinski definition) is 1. The van der Waals surface area contributed by atoms with Crippen molar-refractivity contribution in [2.24, 2.45) is 5.92 Å². The lowest BCUT2D eigenvalue weighted by molar-refractivity contribution is 0.309. The Balaban J connectivity index is 1.93. The Morgan fingerprint density at radius 3 is 2.53 bits per heavy atom. The molecule has 1 unspecified atom stereocenters. The molecule has 1 aromatic rings. The molecule has 0 aromatic heterocycles. The largest absolute Gasteiger partial charge is 0.494 e. The topological polar surface area (TPSA) is 9.23 Å². The smallest absolute Gasteiger partial charge is 0.119 e. The highest BCUT2D eigenvalue weighted by Crippen LogP contribution is 2.32. The number of allylic oxidation sites excluding steroid dienone is 2. The average molecular weight is 258 g/mol. The monoisotopic (exact) mass is 258 g/mol. The van der Waals surface area contributed by atoms with Gasteiger partial charge in [0.1, 0.15) is 5.75 Å². The molecule has 0 radical (unpaired) electrons. The summed E-state index contributed by atoms with van der Waals surface area (Å²) in [5.41, 5.74) is 2.89. The summed E-state index contributed by atoms with van der Waals surface area (Å²) in [7, 11) is 0. The number of unbranched alkanes of at least 4 members (excludes halogenated alkanes) is 1. The average Bonchev–Trinajstić information content (AvgIpc) is 2.48. The van der Waals surface area contributed by atoms with E-state index in [1.165, 1.54) is 43.2 Å². The van der Waals surface area contributed by atoms with Gasteiger partial charge in [-0.1, -0.05) is 44.9 Å². The fourth-order valence-corrected chi connectivity index (χ4v) is 2.62. The van der Waals surface area contributed by atoms with Gasteiger partial charge in [0, 0.05) is 0 Å². The third kappa shape index (κ3) is 4.12. The van der Waals surface area contributed by atoms with E-state index in [0.717, 1.165) is 24.7 Å². The summed E-state index contributed by atoms with van der Waals surface area (Å²) < 4.78 is 5.70. The van der Waals surface area contributed by atoms with E-state index in [2.05, 4.69) is 44.2 Å². The van der Waals surface area contributed by atoms with Crippen molar-refractivity contribution in [3.63, 3.8) is 0 Å². The predicted octanol–water partition coefficient (Wildman–Crippen LogP) is 5.46. The lowest BCUT2D eigenvalue weighted by atomic mass is 9.85. The van der Waals surface area contributed by atoms with Crippen LogP contribution in [0.5, 0.6) is 5.75 Å². The molecule has 1 atom stereocenters. The van der Waals surface area contributed by atoms with Crippen molar-refractivity contribution in [3.8, 4) is 5.75 Å². The van der Waals surface area contributed by atoms with Gasteiger partial charge in [-0.15, -0.1) is 0 Å². The Labute approximate surface area is 117 Å². The highest BCUT2D eigenvalue weighted by molar-refractivity contribution is 5.66. The summed E-state index contributed by atoms with van der Waals surface area (Å²) in [6.45, 7) is 5.31. The Hall–Kier alpha value is -1.24. The first kappa shape index (κ1) is 14.2. The van der Waals surface area contributed by atoms with Crippen LogP contribution >= 0.6 is 0 Å². The second-order valence-electron chi connectivity index (χ2n) is 5.50. The highest BCUT2D eigenvalue weighted by Gasteiger charge is 2.13. The van der Waals surface area contributed by atoms with Gasteiger partial charge in [0.05, 0.1) is 6.61 Å². The molecule has 0 N–H and O–H groups in total. The molecular formula is C18H26O. The molecular weight excluding hydrogens is 232 g/mol. The Bertz CT molecular complexity index is 402. The Morgan fingerprint density at radius 2 is 1.95 bits per heavy atom. The maximum Gasteiger partial charge on any atom is 0.119 e. The zero-order chi connectivity index (χ0) is 13.5. The number of ether oxygens (including phenoxy) is 1. The quantitative estimate of drug-likeness (QED) is 0.616. The molecule has 0 aliphatic heterocycles. The standard InChI is InChI=1S/C18H26O/c1-3-5-14-19-18-12-10-17(11-13-18)16-8-6-15(4-2)7-9-16/h8,10-13,15H,3-7,9,14H2,1-2H3. The van der Waals surface area contributed by atoms with Crippen LogP contribution in [0.25, 0.3) is 5.57 Å². The summed E-state index contributed by atoms with van der Waals surface area (Å²) >= 11 is 0. The van der Waals surface area contributed by atoms with Crippen LogP contribution in [-0.2, 0) is 0 Å². The van der Waals surface area contributed by atoms with Crippen LogP contribution in [0.4, 0.5) is 0 Å². The second-order valence-corrected chi connectivity index (χ2v) is 5.50. The molecule has 19 heavy (non-hydrogen) atoms. The van der Waals surface area contributed by atoms with Crippen LogP contribution in [0, 0.1) is 5.92 Å². The number of rotatable bonds is 6. The number of benzene rings is 1. The maximum atomic E-state index is 5.70. The van der Waals surface area contributed by atoms with Crippen molar-refractivity contribution in [3.05, 3.63) is 35.9 Å². The van der Waals surface area contributed by atoms with Gasteiger partial charge >= 0.3 is 0 Å². The molecule has 0 saturated carbocycles. The van der Waals surface area contributed by atoms with Crippen LogP contribution in [-0.4, -0.2) is 6.61 Å². The molecule has 0 amide bonds. The first-order valence-electron chi connectivity index (χ1n) is 7.75. The van der Waals surface area contributed by atoms with Crippen molar-refractivity contribution in [1.82, 2.24) is 0 Å². The second kappa shape index (κ2) is 7.37. The van der Waals surface area contributed by atoms with E-state index in [1.807, 2.05) is 0 Å². The highest BCUT2D eigenvalue weighted by atomic mass is 16.5. The molecule has 1 nitrogen and oxygen atoms in total. The predicted molar refractivity (Wildman–Crippen MR) is 82.5 cm³/mol. The molecule has 1 aliphatic rings.